The van der Waals surface area contributed by atoms with Crippen LogP contribution in [0, 0.1) is 24.4 Å². The number of hydrogen-bond donors (Lipinski definition) is 2. The minimum Gasteiger partial charge on any atom is -0.491 e. The number of benzene rings is 2. The molecule has 0 aliphatic carbocycles. The number of amides is 2. The fourth-order valence-corrected chi connectivity index (χ4v) is 2.12. The summed E-state index contributed by atoms with van der Waals surface area (Å²) in [7, 11) is 0. The predicted molar refractivity (Wildman–Crippen MR) is 85.0 cm³/mol. The summed E-state index contributed by atoms with van der Waals surface area (Å²) < 4.78 is 44.7. The van der Waals surface area contributed by atoms with Crippen LogP contribution in [-0.4, -0.2) is 19.2 Å². The van der Waals surface area contributed by atoms with Crippen LogP contribution in [0.3, 0.4) is 0 Å². The van der Waals surface area contributed by atoms with Gasteiger partial charge in [0.1, 0.15) is 12.4 Å². The Morgan fingerprint density at radius 1 is 1.17 bits per heavy atom. The first-order valence-electron chi connectivity index (χ1n) is 6.96. The van der Waals surface area contributed by atoms with Gasteiger partial charge in [0.15, 0.2) is 17.5 Å². The first-order valence-corrected chi connectivity index (χ1v) is 7.33. The summed E-state index contributed by atoms with van der Waals surface area (Å²) in [5.41, 5.74) is 0.386. The number of ether oxygens (including phenoxy) is 1. The van der Waals surface area contributed by atoms with Crippen molar-refractivity contribution in [3.05, 3.63) is 58.4 Å². The molecule has 2 N–H and O–H groups in total. The highest BCUT2D eigenvalue weighted by Gasteiger charge is 2.14. The van der Waals surface area contributed by atoms with Gasteiger partial charge in [-0.05, 0) is 42.8 Å². The van der Waals surface area contributed by atoms with Crippen LogP contribution in [0.25, 0.3) is 0 Å². The van der Waals surface area contributed by atoms with Gasteiger partial charge in [-0.15, -0.1) is 0 Å². The van der Waals surface area contributed by atoms with Crippen LogP contribution >= 0.6 is 11.6 Å². The van der Waals surface area contributed by atoms with Crippen molar-refractivity contribution in [3.63, 3.8) is 0 Å². The fourth-order valence-electron chi connectivity index (χ4n) is 1.89. The van der Waals surface area contributed by atoms with Crippen LogP contribution < -0.4 is 15.4 Å². The van der Waals surface area contributed by atoms with Crippen LogP contribution in [0.2, 0.25) is 5.02 Å². The van der Waals surface area contributed by atoms with Gasteiger partial charge in [0.25, 0.3) is 0 Å². The number of nitrogens with one attached hydrogen (secondary N) is 2. The van der Waals surface area contributed by atoms with Gasteiger partial charge in [-0.2, -0.15) is 0 Å². The molecule has 0 fully saturated rings. The Labute approximate surface area is 141 Å². The Morgan fingerprint density at radius 3 is 2.62 bits per heavy atom. The zero-order chi connectivity index (χ0) is 17.7. The van der Waals surface area contributed by atoms with Gasteiger partial charge >= 0.3 is 6.03 Å². The highest BCUT2D eigenvalue weighted by atomic mass is 35.5. The average Bonchev–Trinajstić information content (AvgIpc) is 2.54. The molecule has 8 heteroatoms. The van der Waals surface area contributed by atoms with E-state index in [1.54, 1.807) is 18.2 Å². The molecule has 2 rings (SSSR count). The minimum absolute atomic E-state index is 0.124. The van der Waals surface area contributed by atoms with E-state index >= 15 is 0 Å². The number of aryl methyl sites for hydroxylation is 1. The van der Waals surface area contributed by atoms with E-state index in [1.165, 1.54) is 0 Å². The highest BCUT2D eigenvalue weighted by molar-refractivity contribution is 6.30. The molecule has 0 bridgehead atoms. The van der Waals surface area contributed by atoms with Crippen LogP contribution in [0.15, 0.2) is 30.3 Å². The highest BCUT2D eigenvalue weighted by Crippen LogP contribution is 2.21. The topological polar surface area (TPSA) is 50.4 Å². The molecule has 2 aromatic carbocycles. The molecule has 0 heterocycles. The third kappa shape index (κ3) is 4.55. The summed E-state index contributed by atoms with van der Waals surface area (Å²) in [4.78, 5) is 11.6. The average molecular weight is 359 g/mol. The van der Waals surface area contributed by atoms with Gasteiger partial charge in [0, 0.05) is 5.02 Å². The molecular formula is C16H14ClF3N2O2. The summed E-state index contributed by atoms with van der Waals surface area (Å²) in [5, 5.41) is 5.09. The molecule has 0 saturated heterocycles. The maximum Gasteiger partial charge on any atom is 0.319 e. The van der Waals surface area contributed by atoms with Crippen LogP contribution in [-0.2, 0) is 0 Å². The van der Waals surface area contributed by atoms with E-state index in [0.717, 1.165) is 17.7 Å². The van der Waals surface area contributed by atoms with Gasteiger partial charge in [-0.1, -0.05) is 11.6 Å². The van der Waals surface area contributed by atoms with Crippen LogP contribution in [0.4, 0.5) is 23.7 Å². The van der Waals surface area contributed by atoms with E-state index in [0.29, 0.717) is 10.8 Å². The Hall–Kier alpha value is -2.41. The van der Waals surface area contributed by atoms with E-state index in [9.17, 15) is 18.0 Å². The third-order valence-electron chi connectivity index (χ3n) is 3.07. The number of hydrogen-bond acceptors (Lipinski definition) is 2. The van der Waals surface area contributed by atoms with E-state index in [2.05, 4.69) is 10.6 Å². The second kappa shape index (κ2) is 7.92. The number of carbonyl (C=O) groups excluding carboxylic acids is 1. The smallest absolute Gasteiger partial charge is 0.319 e. The van der Waals surface area contributed by atoms with Gasteiger partial charge < -0.3 is 15.4 Å². The van der Waals surface area contributed by atoms with E-state index in [1.807, 2.05) is 6.92 Å². The van der Waals surface area contributed by atoms with Crippen molar-refractivity contribution < 1.29 is 22.7 Å². The van der Waals surface area contributed by atoms with E-state index < -0.39 is 29.2 Å². The molecule has 0 saturated carbocycles. The summed E-state index contributed by atoms with van der Waals surface area (Å²) in [5.74, 6) is -3.81. The van der Waals surface area contributed by atoms with Crippen molar-refractivity contribution in [3.8, 4) is 5.75 Å². The first kappa shape index (κ1) is 17.9. The second-order valence-corrected chi connectivity index (χ2v) is 5.30. The Balaban J connectivity index is 1.80. The molecule has 0 aliphatic heterocycles. The fraction of sp³-hybridized carbons (Fsp3) is 0.188. The monoisotopic (exact) mass is 358 g/mol. The molecule has 24 heavy (non-hydrogen) atoms. The molecule has 0 atom stereocenters. The predicted octanol–water partition coefficient (Wildman–Crippen LogP) is 4.27. The Bertz CT molecular complexity index is 756. The maximum absolute atomic E-state index is 13.4. The summed E-state index contributed by atoms with van der Waals surface area (Å²) in [6, 6.07) is 6.01. The first-order chi connectivity index (χ1) is 11.4. The lowest BCUT2D eigenvalue weighted by Gasteiger charge is -2.11. The zero-order valence-corrected chi connectivity index (χ0v) is 13.4. The van der Waals surface area contributed by atoms with E-state index in [-0.39, 0.29) is 13.2 Å². The molecule has 0 unspecified atom stereocenters. The van der Waals surface area contributed by atoms with Crippen molar-refractivity contribution in [1.29, 1.82) is 0 Å². The zero-order valence-electron chi connectivity index (χ0n) is 12.6. The largest absolute Gasteiger partial charge is 0.491 e. The molecule has 0 aliphatic rings. The maximum atomic E-state index is 13.4. The third-order valence-corrected chi connectivity index (χ3v) is 3.30. The second-order valence-electron chi connectivity index (χ2n) is 4.86. The van der Waals surface area contributed by atoms with Gasteiger partial charge in [-0.25, -0.2) is 18.0 Å². The molecule has 128 valence electrons. The van der Waals surface area contributed by atoms with Crippen molar-refractivity contribution >= 4 is 23.3 Å². The molecule has 0 radical (unpaired) electrons. The minimum atomic E-state index is -1.64. The molecule has 2 aromatic rings. The number of rotatable bonds is 5. The van der Waals surface area contributed by atoms with Gasteiger partial charge in [0.05, 0.1) is 12.2 Å². The van der Waals surface area contributed by atoms with Gasteiger partial charge in [-0.3, -0.25) is 0 Å². The van der Waals surface area contributed by atoms with Crippen molar-refractivity contribution in [1.82, 2.24) is 5.32 Å². The lowest BCUT2D eigenvalue weighted by atomic mass is 10.2. The SMILES string of the molecule is Cc1cc(Cl)ccc1OCCNC(=O)Nc1ccc(F)c(F)c1F. The van der Waals surface area contributed by atoms with Crippen molar-refractivity contribution in [2.24, 2.45) is 0 Å². The summed E-state index contributed by atoms with van der Waals surface area (Å²) in [6.07, 6.45) is 0. The lowest BCUT2D eigenvalue weighted by molar-refractivity contribution is 0.247. The Morgan fingerprint density at radius 2 is 1.92 bits per heavy atom. The molecule has 0 spiro atoms. The number of halogens is 4. The quantitative estimate of drug-likeness (QED) is 0.619. The van der Waals surface area contributed by atoms with Crippen molar-refractivity contribution in [2.75, 3.05) is 18.5 Å². The molecular weight excluding hydrogens is 345 g/mol. The number of carbonyl (C=O) groups is 1. The Kier molecular flexibility index (Phi) is 5.92. The number of urea groups is 1. The number of anilines is 1. The molecule has 4 nitrogen and oxygen atoms in total. The van der Waals surface area contributed by atoms with E-state index in [4.69, 9.17) is 16.3 Å². The molecule has 2 amide bonds. The standard InChI is InChI=1S/C16H14ClF3N2O2/c1-9-8-10(17)2-5-13(9)24-7-6-21-16(23)22-12-4-3-11(18)14(19)15(12)20/h2-5,8H,6-7H2,1H3,(H2,21,22,23). The van der Waals surface area contributed by atoms with Crippen LogP contribution in [0.1, 0.15) is 5.56 Å². The summed E-state index contributed by atoms with van der Waals surface area (Å²) >= 11 is 5.83. The molecule has 0 aromatic heterocycles. The van der Waals surface area contributed by atoms with Crippen molar-refractivity contribution in [2.45, 2.75) is 6.92 Å². The normalized spacial score (nSPS) is 10.4. The summed E-state index contributed by atoms with van der Waals surface area (Å²) in [6.45, 7) is 2.11. The van der Waals surface area contributed by atoms with Gasteiger partial charge in [0.2, 0.25) is 0 Å². The van der Waals surface area contributed by atoms with Crippen LogP contribution in [0.5, 0.6) is 5.75 Å². The lowest BCUT2D eigenvalue weighted by Crippen LogP contribution is -2.32.